The van der Waals surface area contributed by atoms with Gasteiger partial charge in [-0.05, 0) is 57.8 Å². The lowest BCUT2D eigenvalue weighted by Crippen LogP contribution is -2.45. The van der Waals surface area contributed by atoms with E-state index >= 15 is 0 Å². The summed E-state index contributed by atoms with van der Waals surface area (Å²) in [5.74, 6) is -0.0914. The highest BCUT2D eigenvalue weighted by molar-refractivity contribution is 5.76. The second-order valence-corrected chi connectivity index (χ2v) is 10.5. The van der Waals surface area contributed by atoms with E-state index in [0.29, 0.717) is 6.42 Å². The Morgan fingerprint density at radius 1 is 0.632 bits per heavy atom. The molecule has 0 aromatic carbocycles. The van der Waals surface area contributed by atoms with E-state index in [9.17, 15) is 15.0 Å². The first-order valence-corrected chi connectivity index (χ1v) is 15.9. The van der Waals surface area contributed by atoms with E-state index in [1.165, 1.54) is 77.0 Å². The molecular weight excluding hydrogens is 470 g/mol. The highest BCUT2D eigenvalue weighted by atomic mass is 16.3. The molecule has 0 heterocycles. The van der Waals surface area contributed by atoms with E-state index in [2.05, 4.69) is 55.6 Å². The third-order valence-electron chi connectivity index (χ3n) is 6.81. The van der Waals surface area contributed by atoms with Crippen molar-refractivity contribution in [3.8, 4) is 0 Å². The number of allylic oxidation sites excluding steroid dienone is 7. The maximum absolute atomic E-state index is 12.2. The van der Waals surface area contributed by atoms with E-state index in [-0.39, 0.29) is 12.5 Å². The van der Waals surface area contributed by atoms with Gasteiger partial charge in [0.25, 0.3) is 0 Å². The van der Waals surface area contributed by atoms with Crippen LogP contribution < -0.4 is 5.32 Å². The van der Waals surface area contributed by atoms with E-state index in [4.69, 9.17) is 0 Å². The molecule has 4 nitrogen and oxygen atoms in total. The zero-order chi connectivity index (χ0) is 27.9. The van der Waals surface area contributed by atoms with Crippen LogP contribution in [0.5, 0.6) is 0 Å². The van der Waals surface area contributed by atoms with Crippen LogP contribution >= 0.6 is 0 Å². The number of aliphatic hydroxyl groups excluding tert-OH is 2. The van der Waals surface area contributed by atoms with Gasteiger partial charge in [0.2, 0.25) is 5.91 Å². The molecule has 1 amide bonds. The Labute approximate surface area is 235 Å². The highest BCUT2D eigenvalue weighted by Gasteiger charge is 2.17. The van der Waals surface area contributed by atoms with Gasteiger partial charge in [-0.3, -0.25) is 4.79 Å². The summed E-state index contributed by atoms with van der Waals surface area (Å²) in [6.45, 7) is 4.21. The molecule has 4 heteroatoms. The minimum atomic E-state index is -0.864. The maximum atomic E-state index is 12.2. The molecule has 2 atom stereocenters. The molecule has 38 heavy (non-hydrogen) atoms. The van der Waals surface area contributed by atoms with Crippen LogP contribution in [0.25, 0.3) is 0 Å². The standard InChI is InChI=1S/C34H61NO3/c1-3-5-7-9-11-13-15-16-17-18-20-22-24-26-28-30-34(38)35-32(31-36)33(37)29-27-25-23-21-19-14-12-10-8-6-4-2/h11,13,15-16,19,21,27,29,32-33,36-37H,3-10,12,14,17-18,20,22-26,28,30-31H2,1-2H3,(H,35,38)/b13-11-,16-15-,21-19+,29-27+. The number of aliphatic hydroxyl groups is 2. The first-order chi connectivity index (χ1) is 18.7. The van der Waals surface area contributed by atoms with Crippen LogP contribution in [0.1, 0.15) is 142 Å². The average molecular weight is 532 g/mol. The second-order valence-electron chi connectivity index (χ2n) is 10.5. The van der Waals surface area contributed by atoms with Gasteiger partial charge in [-0.2, -0.15) is 0 Å². The van der Waals surface area contributed by atoms with Crippen LogP contribution in [-0.4, -0.2) is 34.9 Å². The summed E-state index contributed by atoms with van der Waals surface area (Å²) >= 11 is 0. The average Bonchev–Trinajstić information content (AvgIpc) is 2.92. The molecule has 0 radical (unpaired) electrons. The highest BCUT2D eigenvalue weighted by Crippen LogP contribution is 2.10. The molecule has 0 bridgehead atoms. The third-order valence-corrected chi connectivity index (χ3v) is 6.81. The topological polar surface area (TPSA) is 69.6 Å². The van der Waals surface area contributed by atoms with Gasteiger partial charge < -0.3 is 15.5 Å². The van der Waals surface area contributed by atoms with Crippen LogP contribution in [-0.2, 0) is 4.79 Å². The van der Waals surface area contributed by atoms with Gasteiger partial charge in [-0.15, -0.1) is 0 Å². The molecule has 0 aliphatic heterocycles. The molecule has 0 rings (SSSR count). The molecule has 3 N–H and O–H groups in total. The van der Waals surface area contributed by atoms with Crippen molar-refractivity contribution in [1.82, 2.24) is 5.32 Å². The Morgan fingerprint density at radius 2 is 1.11 bits per heavy atom. The molecule has 220 valence electrons. The van der Waals surface area contributed by atoms with E-state index in [0.717, 1.165) is 44.9 Å². The summed E-state index contributed by atoms with van der Waals surface area (Å²) in [4.78, 5) is 12.2. The van der Waals surface area contributed by atoms with E-state index in [1.54, 1.807) is 6.08 Å². The minimum absolute atomic E-state index is 0.0914. The summed E-state index contributed by atoms with van der Waals surface area (Å²) in [5.41, 5.74) is 0. The molecule has 0 aliphatic rings. The molecule has 2 unspecified atom stereocenters. The van der Waals surface area contributed by atoms with Crippen LogP contribution in [0.15, 0.2) is 48.6 Å². The molecule has 0 spiro atoms. The van der Waals surface area contributed by atoms with Gasteiger partial charge in [0, 0.05) is 6.42 Å². The van der Waals surface area contributed by atoms with Crippen molar-refractivity contribution in [2.45, 2.75) is 154 Å². The zero-order valence-corrected chi connectivity index (χ0v) is 24.9. The Morgan fingerprint density at radius 3 is 1.74 bits per heavy atom. The normalized spacial score (nSPS) is 13.9. The number of nitrogens with one attached hydrogen (secondary N) is 1. The first-order valence-electron chi connectivity index (χ1n) is 15.9. The van der Waals surface area contributed by atoms with Gasteiger partial charge in [0.15, 0.2) is 0 Å². The van der Waals surface area contributed by atoms with Crippen molar-refractivity contribution in [3.05, 3.63) is 48.6 Å². The van der Waals surface area contributed by atoms with Crippen LogP contribution in [0.3, 0.4) is 0 Å². The first kappa shape index (κ1) is 36.4. The number of rotatable bonds is 27. The smallest absolute Gasteiger partial charge is 0.220 e. The third kappa shape index (κ3) is 26.0. The zero-order valence-electron chi connectivity index (χ0n) is 24.9. The maximum Gasteiger partial charge on any atom is 0.220 e. The second kappa shape index (κ2) is 29.9. The van der Waals surface area contributed by atoms with Crippen LogP contribution in [0.4, 0.5) is 0 Å². The van der Waals surface area contributed by atoms with Crippen molar-refractivity contribution in [2.75, 3.05) is 6.61 Å². The fourth-order valence-electron chi connectivity index (χ4n) is 4.30. The monoisotopic (exact) mass is 531 g/mol. The van der Waals surface area contributed by atoms with Crippen LogP contribution in [0, 0.1) is 0 Å². The lowest BCUT2D eigenvalue weighted by molar-refractivity contribution is -0.123. The summed E-state index contributed by atoms with van der Waals surface area (Å²) in [7, 11) is 0. The van der Waals surface area contributed by atoms with Gasteiger partial charge >= 0.3 is 0 Å². The number of carbonyl (C=O) groups excluding carboxylic acids is 1. The largest absolute Gasteiger partial charge is 0.394 e. The van der Waals surface area contributed by atoms with E-state index < -0.39 is 12.1 Å². The lowest BCUT2D eigenvalue weighted by atomic mass is 10.1. The predicted octanol–water partition coefficient (Wildman–Crippen LogP) is 8.89. The lowest BCUT2D eigenvalue weighted by Gasteiger charge is -2.19. The number of unbranched alkanes of at least 4 members (excludes halogenated alkanes) is 15. The Bertz CT molecular complexity index is 623. The molecule has 0 aromatic heterocycles. The van der Waals surface area contributed by atoms with Crippen molar-refractivity contribution in [3.63, 3.8) is 0 Å². The SMILES string of the molecule is CCCCC/C=C\C=C/CCCCCCCCC(=O)NC(CO)C(O)/C=C/CC/C=C/CCCCCCC. The molecule has 0 saturated carbocycles. The van der Waals surface area contributed by atoms with E-state index in [1.807, 2.05) is 6.08 Å². The summed E-state index contributed by atoms with van der Waals surface area (Å²) in [6.07, 6.45) is 38.9. The Balaban J connectivity index is 3.76. The van der Waals surface area contributed by atoms with Crippen molar-refractivity contribution in [2.24, 2.45) is 0 Å². The Kier molecular flexibility index (Phi) is 28.6. The minimum Gasteiger partial charge on any atom is -0.394 e. The Hall–Kier alpha value is -1.65. The van der Waals surface area contributed by atoms with Gasteiger partial charge in [0.1, 0.15) is 0 Å². The molecule has 0 fully saturated rings. The molecule has 0 aliphatic carbocycles. The molecular formula is C34H61NO3. The van der Waals surface area contributed by atoms with Crippen molar-refractivity contribution >= 4 is 5.91 Å². The number of carbonyl (C=O) groups is 1. The van der Waals surface area contributed by atoms with Crippen molar-refractivity contribution < 1.29 is 15.0 Å². The van der Waals surface area contributed by atoms with Gasteiger partial charge in [-0.1, -0.05) is 127 Å². The summed E-state index contributed by atoms with van der Waals surface area (Å²) in [5, 5.41) is 22.7. The quantitative estimate of drug-likeness (QED) is 0.0563. The molecule has 0 aromatic rings. The number of hydrogen-bond acceptors (Lipinski definition) is 3. The van der Waals surface area contributed by atoms with Gasteiger partial charge in [0.05, 0.1) is 18.8 Å². The number of hydrogen-bond donors (Lipinski definition) is 3. The molecule has 0 saturated heterocycles. The summed E-state index contributed by atoms with van der Waals surface area (Å²) in [6, 6.07) is -0.642. The van der Waals surface area contributed by atoms with Crippen molar-refractivity contribution in [1.29, 1.82) is 0 Å². The van der Waals surface area contributed by atoms with Crippen LogP contribution in [0.2, 0.25) is 0 Å². The van der Waals surface area contributed by atoms with Gasteiger partial charge in [-0.25, -0.2) is 0 Å². The predicted molar refractivity (Wildman–Crippen MR) is 165 cm³/mol. The fraction of sp³-hybridized carbons (Fsp3) is 0.735. The summed E-state index contributed by atoms with van der Waals surface area (Å²) < 4.78 is 0. The number of amides is 1. The fourth-order valence-corrected chi connectivity index (χ4v) is 4.30.